The molecule has 2 atom stereocenters. The SMILES string of the molecule is Cc1cccnc1C1CCCC(c2cn3c(N4CCN(c5ccccn5)CC4)cccc3n2)N1. The first kappa shape index (κ1) is 21.1. The van der Waals surface area contributed by atoms with Crippen molar-refractivity contribution in [3.8, 4) is 0 Å². The molecule has 0 spiro atoms. The van der Waals surface area contributed by atoms with Crippen molar-refractivity contribution in [1.29, 1.82) is 0 Å². The van der Waals surface area contributed by atoms with E-state index in [0.29, 0.717) is 0 Å². The fraction of sp³-hybridized carbons (Fsp3) is 0.370. The minimum Gasteiger partial charge on any atom is -0.354 e. The highest BCUT2D eigenvalue weighted by atomic mass is 15.3. The van der Waals surface area contributed by atoms with E-state index in [9.17, 15) is 0 Å². The maximum Gasteiger partial charge on any atom is 0.138 e. The van der Waals surface area contributed by atoms with Gasteiger partial charge in [-0.3, -0.25) is 9.38 Å². The number of aryl methyl sites for hydroxylation is 1. The number of hydrogen-bond acceptors (Lipinski definition) is 6. The van der Waals surface area contributed by atoms with Crippen LogP contribution in [0.25, 0.3) is 5.65 Å². The molecule has 0 bridgehead atoms. The summed E-state index contributed by atoms with van der Waals surface area (Å²) in [4.78, 5) is 19.1. The van der Waals surface area contributed by atoms with Gasteiger partial charge in [0.25, 0.3) is 0 Å². The third-order valence-electron chi connectivity index (χ3n) is 7.19. The number of pyridine rings is 3. The Morgan fingerprint density at radius 3 is 2.47 bits per heavy atom. The monoisotopic (exact) mass is 453 g/mol. The zero-order chi connectivity index (χ0) is 22.9. The molecule has 0 aromatic carbocycles. The predicted octanol–water partition coefficient (Wildman–Crippen LogP) is 4.32. The summed E-state index contributed by atoms with van der Waals surface area (Å²) in [5, 5.41) is 3.85. The fourth-order valence-electron chi connectivity index (χ4n) is 5.39. The first-order valence-electron chi connectivity index (χ1n) is 12.3. The first-order chi connectivity index (χ1) is 16.8. The van der Waals surface area contributed by atoms with Gasteiger partial charge in [0.15, 0.2) is 0 Å². The molecule has 7 heteroatoms. The second-order valence-electron chi connectivity index (χ2n) is 9.35. The second kappa shape index (κ2) is 9.06. The van der Waals surface area contributed by atoms with E-state index in [1.807, 2.05) is 24.5 Å². The number of nitrogens with one attached hydrogen (secondary N) is 1. The van der Waals surface area contributed by atoms with E-state index in [1.165, 1.54) is 23.5 Å². The van der Waals surface area contributed by atoms with E-state index < -0.39 is 0 Å². The van der Waals surface area contributed by atoms with Gasteiger partial charge < -0.3 is 15.1 Å². The molecule has 2 aliphatic heterocycles. The second-order valence-corrected chi connectivity index (χ2v) is 9.35. The van der Waals surface area contributed by atoms with Crippen LogP contribution in [0, 0.1) is 6.92 Å². The van der Waals surface area contributed by atoms with Crippen LogP contribution in [0.3, 0.4) is 0 Å². The Kier molecular flexibility index (Phi) is 5.63. The van der Waals surface area contributed by atoms with Crippen molar-refractivity contribution < 1.29 is 0 Å². The molecule has 0 amide bonds. The fourth-order valence-corrected chi connectivity index (χ4v) is 5.39. The third kappa shape index (κ3) is 4.01. The van der Waals surface area contributed by atoms with Crippen molar-refractivity contribution in [3.63, 3.8) is 0 Å². The molecule has 0 aliphatic carbocycles. The van der Waals surface area contributed by atoms with Crippen molar-refractivity contribution in [3.05, 3.63) is 84.1 Å². The molecular formula is C27H31N7. The summed E-state index contributed by atoms with van der Waals surface area (Å²) >= 11 is 0. The van der Waals surface area contributed by atoms with Gasteiger partial charge in [-0.1, -0.05) is 18.2 Å². The molecule has 2 fully saturated rings. The lowest BCUT2D eigenvalue weighted by atomic mass is 9.93. The molecule has 0 saturated carbocycles. The number of anilines is 2. The smallest absolute Gasteiger partial charge is 0.138 e. The van der Waals surface area contributed by atoms with E-state index in [0.717, 1.165) is 56.2 Å². The number of piperazine rings is 1. The Balaban J connectivity index is 1.21. The molecule has 4 aromatic heterocycles. The Hall–Kier alpha value is -3.45. The maximum absolute atomic E-state index is 5.04. The van der Waals surface area contributed by atoms with Gasteiger partial charge >= 0.3 is 0 Å². The van der Waals surface area contributed by atoms with Gasteiger partial charge in [-0.2, -0.15) is 0 Å². The Bertz CT molecular complexity index is 1260. The van der Waals surface area contributed by atoms with E-state index in [4.69, 9.17) is 4.98 Å². The quantitative estimate of drug-likeness (QED) is 0.497. The van der Waals surface area contributed by atoms with Crippen LogP contribution in [0.4, 0.5) is 11.6 Å². The number of aromatic nitrogens is 4. The lowest BCUT2D eigenvalue weighted by Crippen LogP contribution is -2.47. The van der Waals surface area contributed by atoms with Crippen LogP contribution in [0.2, 0.25) is 0 Å². The summed E-state index contributed by atoms with van der Waals surface area (Å²) in [5.74, 6) is 2.27. The average molecular weight is 454 g/mol. The van der Waals surface area contributed by atoms with Gasteiger partial charge in [0.1, 0.15) is 17.3 Å². The largest absolute Gasteiger partial charge is 0.354 e. The number of nitrogens with zero attached hydrogens (tertiary/aromatic N) is 6. The highest BCUT2D eigenvalue weighted by molar-refractivity contribution is 5.54. The standard InChI is InChI=1S/C27H31N7/c1-20-7-6-14-29-27(20)22-9-4-8-21(30-22)23-19-34-25(31-23)11-5-12-26(34)33-17-15-32(16-18-33)24-10-2-3-13-28-24/h2-3,5-7,10-14,19,21-22,30H,4,8-9,15-18H2,1H3. The summed E-state index contributed by atoms with van der Waals surface area (Å²) < 4.78 is 2.27. The third-order valence-corrected chi connectivity index (χ3v) is 7.19. The maximum atomic E-state index is 5.04. The van der Waals surface area contributed by atoms with Crippen molar-refractivity contribution in [2.75, 3.05) is 36.0 Å². The normalized spacial score (nSPS) is 21.2. The summed E-state index contributed by atoms with van der Waals surface area (Å²) in [6.07, 6.45) is 9.40. The molecule has 2 aliphatic rings. The van der Waals surface area contributed by atoms with Crippen LogP contribution < -0.4 is 15.1 Å². The molecule has 6 heterocycles. The van der Waals surface area contributed by atoms with E-state index >= 15 is 0 Å². The van der Waals surface area contributed by atoms with E-state index in [-0.39, 0.29) is 12.1 Å². The Morgan fingerprint density at radius 1 is 0.824 bits per heavy atom. The molecule has 1 N–H and O–H groups in total. The van der Waals surface area contributed by atoms with Crippen molar-refractivity contribution in [1.82, 2.24) is 24.7 Å². The number of piperidine rings is 1. The van der Waals surface area contributed by atoms with Gasteiger partial charge in [-0.25, -0.2) is 9.97 Å². The summed E-state index contributed by atoms with van der Waals surface area (Å²) in [5.41, 5.74) is 4.56. The van der Waals surface area contributed by atoms with Gasteiger partial charge in [0.05, 0.1) is 23.5 Å². The minimum atomic E-state index is 0.244. The molecule has 2 unspecified atom stereocenters. The van der Waals surface area contributed by atoms with Crippen LogP contribution >= 0.6 is 0 Å². The highest BCUT2D eigenvalue weighted by Crippen LogP contribution is 2.33. The number of hydrogen-bond donors (Lipinski definition) is 1. The molecule has 2 saturated heterocycles. The van der Waals surface area contributed by atoms with Gasteiger partial charge in [-0.05, 0) is 62.1 Å². The number of fused-ring (bicyclic) bond motifs is 1. The summed E-state index contributed by atoms with van der Waals surface area (Å²) in [6.45, 7) is 6.00. The van der Waals surface area contributed by atoms with Crippen LogP contribution in [-0.2, 0) is 0 Å². The molecule has 6 rings (SSSR count). The summed E-state index contributed by atoms with van der Waals surface area (Å²) in [6, 6.07) is 17.3. The lowest BCUT2D eigenvalue weighted by Gasteiger charge is -2.36. The molecular weight excluding hydrogens is 422 g/mol. The zero-order valence-electron chi connectivity index (χ0n) is 19.6. The first-order valence-corrected chi connectivity index (χ1v) is 12.3. The average Bonchev–Trinajstić information content (AvgIpc) is 3.34. The van der Waals surface area contributed by atoms with Crippen molar-refractivity contribution >= 4 is 17.3 Å². The van der Waals surface area contributed by atoms with Crippen molar-refractivity contribution in [2.45, 2.75) is 38.3 Å². The van der Waals surface area contributed by atoms with Crippen LogP contribution in [0.5, 0.6) is 0 Å². The highest BCUT2D eigenvalue weighted by Gasteiger charge is 2.27. The number of rotatable bonds is 4. The van der Waals surface area contributed by atoms with Crippen LogP contribution in [-0.4, -0.2) is 45.5 Å². The Labute approximate surface area is 200 Å². The Morgan fingerprint density at radius 2 is 1.65 bits per heavy atom. The van der Waals surface area contributed by atoms with E-state index in [2.05, 4.69) is 79.0 Å². The van der Waals surface area contributed by atoms with Gasteiger partial charge in [0, 0.05) is 44.8 Å². The summed E-state index contributed by atoms with van der Waals surface area (Å²) in [7, 11) is 0. The van der Waals surface area contributed by atoms with Gasteiger partial charge in [-0.15, -0.1) is 0 Å². The van der Waals surface area contributed by atoms with Crippen molar-refractivity contribution in [2.24, 2.45) is 0 Å². The molecule has 174 valence electrons. The van der Waals surface area contributed by atoms with E-state index in [1.54, 1.807) is 0 Å². The topological polar surface area (TPSA) is 61.6 Å². The molecule has 4 aromatic rings. The molecule has 7 nitrogen and oxygen atoms in total. The minimum absolute atomic E-state index is 0.244. The van der Waals surface area contributed by atoms with Crippen LogP contribution in [0.1, 0.15) is 48.3 Å². The lowest BCUT2D eigenvalue weighted by molar-refractivity contribution is 0.321. The molecule has 34 heavy (non-hydrogen) atoms. The zero-order valence-corrected chi connectivity index (χ0v) is 19.6. The number of imidazole rings is 1. The molecule has 0 radical (unpaired) electrons. The van der Waals surface area contributed by atoms with Gasteiger partial charge in [0.2, 0.25) is 0 Å². The van der Waals surface area contributed by atoms with Crippen LogP contribution in [0.15, 0.2) is 67.1 Å². The predicted molar refractivity (Wildman–Crippen MR) is 135 cm³/mol.